The minimum atomic E-state index is 0.560. The third kappa shape index (κ3) is 4.83. The second-order valence-corrected chi connectivity index (χ2v) is 6.05. The van der Waals surface area contributed by atoms with Gasteiger partial charge in [-0.25, -0.2) is 4.98 Å². The lowest BCUT2D eigenvalue weighted by Gasteiger charge is -2.09. The summed E-state index contributed by atoms with van der Waals surface area (Å²) in [6, 6.07) is 22.1. The van der Waals surface area contributed by atoms with Gasteiger partial charge in [-0.2, -0.15) is 0 Å². The predicted octanol–water partition coefficient (Wildman–Crippen LogP) is 5.04. The van der Waals surface area contributed by atoms with Gasteiger partial charge < -0.3 is 10.1 Å². The number of anilines is 1. The Kier molecular flexibility index (Phi) is 5.27. The average molecular weight is 369 g/mol. The van der Waals surface area contributed by atoms with E-state index in [0.717, 1.165) is 27.2 Å². The Bertz CT molecular complexity index is 745. The Balaban J connectivity index is 1.57. The molecule has 0 unspecified atom stereocenters. The zero-order valence-electron chi connectivity index (χ0n) is 12.6. The smallest absolute Gasteiger partial charge is 0.126 e. The summed E-state index contributed by atoms with van der Waals surface area (Å²) in [5.74, 6) is 1.74. The maximum absolute atomic E-state index is 5.87. The van der Waals surface area contributed by atoms with E-state index in [4.69, 9.17) is 4.74 Å². The van der Waals surface area contributed by atoms with Gasteiger partial charge >= 0.3 is 0 Å². The first-order valence-electron chi connectivity index (χ1n) is 7.41. The highest BCUT2D eigenvalue weighted by Crippen LogP contribution is 2.17. The second kappa shape index (κ2) is 7.79. The summed E-state index contributed by atoms with van der Waals surface area (Å²) in [6.07, 6.45) is 1.78. The number of pyridine rings is 1. The van der Waals surface area contributed by atoms with Gasteiger partial charge in [0.15, 0.2) is 0 Å². The van der Waals surface area contributed by atoms with E-state index in [1.807, 2.05) is 42.5 Å². The molecule has 3 rings (SSSR count). The number of halogens is 1. The van der Waals surface area contributed by atoms with E-state index in [1.165, 1.54) is 0 Å². The molecule has 1 N–H and O–H groups in total. The highest BCUT2D eigenvalue weighted by Gasteiger charge is 1.99. The quantitative estimate of drug-likeness (QED) is 0.661. The molecule has 0 aliphatic rings. The monoisotopic (exact) mass is 368 g/mol. The average Bonchev–Trinajstić information content (AvgIpc) is 2.61. The van der Waals surface area contributed by atoms with Crippen molar-refractivity contribution < 1.29 is 4.74 Å². The van der Waals surface area contributed by atoms with Gasteiger partial charge in [-0.05, 0) is 47.5 Å². The van der Waals surface area contributed by atoms with E-state index >= 15 is 0 Å². The van der Waals surface area contributed by atoms with E-state index in [2.05, 4.69) is 50.5 Å². The molecule has 23 heavy (non-hydrogen) atoms. The van der Waals surface area contributed by atoms with Crippen LogP contribution in [0.4, 0.5) is 5.82 Å². The summed E-state index contributed by atoms with van der Waals surface area (Å²) in [5.41, 5.74) is 2.30. The van der Waals surface area contributed by atoms with Gasteiger partial charge in [0.25, 0.3) is 0 Å². The number of hydrogen-bond donors (Lipinski definition) is 1. The third-order valence-electron chi connectivity index (χ3n) is 3.36. The molecule has 0 bridgehead atoms. The van der Waals surface area contributed by atoms with E-state index in [9.17, 15) is 0 Å². The molecule has 0 aliphatic heterocycles. The highest BCUT2D eigenvalue weighted by molar-refractivity contribution is 9.10. The Morgan fingerprint density at radius 3 is 2.57 bits per heavy atom. The third-order valence-corrected chi connectivity index (χ3v) is 3.88. The zero-order valence-corrected chi connectivity index (χ0v) is 14.2. The van der Waals surface area contributed by atoms with Crippen molar-refractivity contribution in [3.63, 3.8) is 0 Å². The van der Waals surface area contributed by atoms with E-state index < -0.39 is 0 Å². The van der Waals surface area contributed by atoms with Crippen molar-refractivity contribution in [2.24, 2.45) is 0 Å². The Morgan fingerprint density at radius 2 is 1.78 bits per heavy atom. The van der Waals surface area contributed by atoms with Crippen LogP contribution in [0.15, 0.2) is 77.4 Å². The van der Waals surface area contributed by atoms with Crippen LogP contribution in [-0.4, -0.2) is 4.98 Å². The maximum Gasteiger partial charge on any atom is 0.126 e. The van der Waals surface area contributed by atoms with Crippen molar-refractivity contribution in [2.45, 2.75) is 13.2 Å². The van der Waals surface area contributed by atoms with Crippen molar-refractivity contribution in [1.82, 2.24) is 4.98 Å². The highest BCUT2D eigenvalue weighted by atomic mass is 79.9. The largest absolute Gasteiger partial charge is 0.489 e. The fourth-order valence-electron chi connectivity index (χ4n) is 2.15. The number of rotatable bonds is 6. The summed E-state index contributed by atoms with van der Waals surface area (Å²) in [4.78, 5) is 4.25. The number of nitrogens with zero attached hydrogens (tertiary/aromatic N) is 1. The number of aromatic nitrogens is 1. The lowest BCUT2D eigenvalue weighted by atomic mass is 10.2. The molecule has 2 aromatic carbocycles. The molecule has 0 fully saturated rings. The molecule has 4 heteroatoms. The molecule has 3 aromatic rings. The number of benzene rings is 2. The molecule has 0 amide bonds. The topological polar surface area (TPSA) is 34.1 Å². The number of nitrogens with one attached hydrogen (secondary N) is 1. The number of ether oxygens (including phenoxy) is 1. The Morgan fingerprint density at radius 1 is 0.913 bits per heavy atom. The molecule has 0 spiro atoms. The lowest BCUT2D eigenvalue weighted by Crippen LogP contribution is -2.01. The van der Waals surface area contributed by atoms with Crippen LogP contribution >= 0.6 is 15.9 Å². The molecule has 0 saturated carbocycles. The number of hydrogen-bond acceptors (Lipinski definition) is 3. The van der Waals surface area contributed by atoms with Gasteiger partial charge in [-0.1, -0.05) is 46.3 Å². The molecule has 0 saturated heterocycles. The summed E-state index contributed by atoms with van der Waals surface area (Å²) >= 11 is 3.43. The molecule has 1 aromatic heterocycles. The van der Waals surface area contributed by atoms with Gasteiger partial charge in [0.1, 0.15) is 18.2 Å². The van der Waals surface area contributed by atoms with Gasteiger partial charge in [0.2, 0.25) is 0 Å². The van der Waals surface area contributed by atoms with Gasteiger partial charge in [0.05, 0.1) is 0 Å². The Hall–Kier alpha value is -2.33. The SMILES string of the molecule is Brc1ccc(COc2cccc(CNc3ccccn3)c2)cc1. The van der Waals surface area contributed by atoms with Gasteiger partial charge in [-0.15, -0.1) is 0 Å². The minimum Gasteiger partial charge on any atom is -0.489 e. The second-order valence-electron chi connectivity index (χ2n) is 5.13. The first-order valence-corrected chi connectivity index (χ1v) is 8.20. The zero-order chi connectivity index (χ0) is 15.9. The molecule has 0 atom stereocenters. The molecule has 3 nitrogen and oxygen atoms in total. The summed E-state index contributed by atoms with van der Waals surface area (Å²) in [5, 5.41) is 3.30. The summed E-state index contributed by atoms with van der Waals surface area (Å²) < 4.78 is 6.94. The summed E-state index contributed by atoms with van der Waals surface area (Å²) in [7, 11) is 0. The van der Waals surface area contributed by atoms with Crippen molar-refractivity contribution in [3.05, 3.63) is 88.5 Å². The van der Waals surface area contributed by atoms with Crippen molar-refractivity contribution in [2.75, 3.05) is 5.32 Å². The fourth-order valence-corrected chi connectivity index (χ4v) is 2.42. The maximum atomic E-state index is 5.87. The van der Waals surface area contributed by atoms with Gasteiger partial charge in [0, 0.05) is 17.2 Å². The minimum absolute atomic E-state index is 0.560. The van der Waals surface area contributed by atoms with Gasteiger partial charge in [-0.3, -0.25) is 0 Å². The van der Waals surface area contributed by atoms with E-state index in [0.29, 0.717) is 13.2 Å². The van der Waals surface area contributed by atoms with Crippen LogP contribution in [0.1, 0.15) is 11.1 Å². The van der Waals surface area contributed by atoms with Crippen LogP contribution in [-0.2, 0) is 13.2 Å². The normalized spacial score (nSPS) is 10.3. The standard InChI is InChI=1S/C19H17BrN2O/c20-17-9-7-15(8-10-17)14-23-18-5-3-4-16(12-18)13-22-19-6-1-2-11-21-19/h1-12H,13-14H2,(H,21,22). The van der Waals surface area contributed by atoms with E-state index in [1.54, 1.807) is 6.20 Å². The lowest BCUT2D eigenvalue weighted by molar-refractivity contribution is 0.306. The van der Waals surface area contributed by atoms with Crippen molar-refractivity contribution in [3.8, 4) is 5.75 Å². The molecule has 1 heterocycles. The molecular weight excluding hydrogens is 352 g/mol. The fraction of sp³-hybridized carbons (Fsp3) is 0.105. The predicted molar refractivity (Wildman–Crippen MR) is 96.5 cm³/mol. The van der Waals surface area contributed by atoms with Crippen molar-refractivity contribution >= 4 is 21.7 Å². The van der Waals surface area contributed by atoms with Crippen LogP contribution < -0.4 is 10.1 Å². The first-order chi connectivity index (χ1) is 11.3. The van der Waals surface area contributed by atoms with Crippen LogP contribution in [0.3, 0.4) is 0 Å². The first kappa shape index (κ1) is 15.6. The Labute approximate surface area is 144 Å². The molecule has 0 aliphatic carbocycles. The van der Waals surface area contributed by atoms with E-state index in [-0.39, 0.29) is 0 Å². The van der Waals surface area contributed by atoms with Crippen LogP contribution in [0.5, 0.6) is 5.75 Å². The van der Waals surface area contributed by atoms with Crippen LogP contribution in [0.2, 0.25) is 0 Å². The van der Waals surface area contributed by atoms with Crippen LogP contribution in [0, 0.1) is 0 Å². The molecule has 116 valence electrons. The summed E-state index contributed by atoms with van der Waals surface area (Å²) in [6.45, 7) is 1.27. The van der Waals surface area contributed by atoms with Crippen molar-refractivity contribution in [1.29, 1.82) is 0 Å². The van der Waals surface area contributed by atoms with Crippen LogP contribution in [0.25, 0.3) is 0 Å². The molecule has 0 radical (unpaired) electrons. The molecular formula is C19H17BrN2O.